The topological polar surface area (TPSA) is 65.6 Å². The molecular weight excluding hydrogens is 326 g/mol. The SMILES string of the molecule is Cc1ccc(C)c(Cn2cnc3c(nnn3Cc3ccccc3)c2=O)c1. The van der Waals surface area contributed by atoms with Crippen LogP contribution in [0.5, 0.6) is 0 Å². The van der Waals surface area contributed by atoms with Gasteiger partial charge in [-0.15, -0.1) is 5.10 Å². The van der Waals surface area contributed by atoms with Gasteiger partial charge in [-0.2, -0.15) is 0 Å². The van der Waals surface area contributed by atoms with Crippen LogP contribution in [0.1, 0.15) is 22.3 Å². The number of aromatic nitrogens is 5. The summed E-state index contributed by atoms with van der Waals surface area (Å²) in [6.45, 7) is 5.09. The maximum Gasteiger partial charge on any atom is 0.283 e. The second-order valence-corrected chi connectivity index (χ2v) is 6.51. The summed E-state index contributed by atoms with van der Waals surface area (Å²) >= 11 is 0. The fourth-order valence-corrected chi connectivity index (χ4v) is 3.02. The van der Waals surface area contributed by atoms with E-state index in [0.29, 0.717) is 24.3 Å². The van der Waals surface area contributed by atoms with E-state index in [2.05, 4.69) is 33.5 Å². The Morgan fingerprint density at radius 2 is 1.81 bits per heavy atom. The molecule has 0 spiro atoms. The van der Waals surface area contributed by atoms with Gasteiger partial charge >= 0.3 is 0 Å². The van der Waals surface area contributed by atoms with E-state index in [1.165, 1.54) is 5.56 Å². The van der Waals surface area contributed by atoms with Gasteiger partial charge in [0.05, 0.1) is 13.1 Å². The van der Waals surface area contributed by atoms with Crippen LogP contribution in [-0.4, -0.2) is 24.5 Å². The largest absolute Gasteiger partial charge is 0.293 e. The Balaban J connectivity index is 1.70. The maximum atomic E-state index is 12.8. The number of benzene rings is 2. The molecule has 130 valence electrons. The molecule has 2 aromatic carbocycles. The van der Waals surface area contributed by atoms with Crippen LogP contribution in [0.25, 0.3) is 11.2 Å². The van der Waals surface area contributed by atoms with E-state index >= 15 is 0 Å². The molecule has 2 aromatic heterocycles. The molecule has 0 N–H and O–H groups in total. The van der Waals surface area contributed by atoms with Gasteiger partial charge < -0.3 is 0 Å². The van der Waals surface area contributed by atoms with Crippen molar-refractivity contribution in [2.75, 3.05) is 0 Å². The fourth-order valence-electron chi connectivity index (χ4n) is 3.02. The van der Waals surface area contributed by atoms with Crippen LogP contribution >= 0.6 is 0 Å². The lowest BCUT2D eigenvalue weighted by Crippen LogP contribution is -2.22. The predicted octanol–water partition coefficient (Wildman–Crippen LogP) is 2.70. The minimum Gasteiger partial charge on any atom is -0.293 e. The average Bonchev–Trinajstić information content (AvgIpc) is 3.05. The molecule has 0 saturated heterocycles. The molecular formula is C20H19N5O. The van der Waals surface area contributed by atoms with E-state index in [1.54, 1.807) is 15.6 Å². The first-order chi connectivity index (χ1) is 12.6. The molecule has 0 amide bonds. The van der Waals surface area contributed by atoms with E-state index in [-0.39, 0.29) is 5.56 Å². The molecule has 0 aliphatic rings. The standard InChI is InChI=1S/C20H19N5O/c1-14-8-9-15(2)17(10-14)12-24-13-21-19-18(20(24)26)22-23-25(19)11-16-6-4-3-5-7-16/h3-10,13H,11-12H2,1-2H3. The lowest BCUT2D eigenvalue weighted by atomic mass is 10.1. The van der Waals surface area contributed by atoms with Gasteiger partial charge in [-0.1, -0.05) is 59.3 Å². The van der Waals surface area contributed by atoms with Gasteiger partial charge in [0, 0.05) is 0 Å². The molecule has 0 fully saturated rings. The monoisotopic (exact) mass is 345 g/mol. The first-order valence-corrected chi connectivity index (χ1v) is 8.50. The highest BCUT2D eigenvalue weighted by molar-refractivity contribution is 5.67. The zero-order valence-electron chi connectivity index (χ0n) is 14.8. The lowest BCUT2D eigenvalue weighted by Gasteiger charge is -2.09. The summed E-state index contributed by atoms with van der Waals surface area (Å²) in [5.41, 5.74) is 5.14. The van der Waals surface area contributed by atoms with Crippen molar-refractivity contribution in [1.82, 2.24) is 24.5 Å². The summed E-state index contributed by atoms with van der Waals surface area (Å²) in [7, 11) is 0. The van der Waals surface area contributed by atoms with Crippen molar-refractivity contribution in [2.45, 2.75) is 26.9 Å². The van der Waals surface area contributed by atoms with Crippen LogP contribution in [-0.2, 0) is 13.1 Å². The fraction of sp³-hybridized carbons (Fsp3) is 0.200. The molecule has 4 rings (SSSR count). The average molecular weight is 345 g/mol. The first kappa shape index (κ1) is 16.2. The molecule has 0 aliphatic heterocycles. The molecule has 0 unspecified atom stereocenters. The molecule has 6 nitrogen and oxygen atoms in total. The molecule has 0 atom stereocenters. The van der Waals surface area contributed by atoms with Gasteiger partial charge in [0.25, 0.3) is 5.56 Å². The number of hydrogen-bond donors (Lipinski definition) is 0. The molecule has 0 radical (unpaired) electrons. The zero-order chi connectivity index (χ0) is 18.1. The second kappa shape index (κ2) is 6.55. The number of rotatable bonds is 4. The van der Waals surface area contributed by atoms with Gasteiger partial charge in [-0.3, -0.25) is 9.36 Å². The molecule has 26 heavy (non-hydrogen) atoms. The summed E-state index contributed by atoms with van der Waals surface area (Å²) in [6, 6.07) is 16.2. The maximum absolute atomic E-state index is 12.8. The van der Waals surface area contributed by atoms with Crippen LogP contribution < -0.4 is 5.56 Å². The Bertz CT molecular complexity index is 1130. The summed E-state index contributed by atoms with van der Waals surface area (Å²) < 4.78 is 3.25. The molecule has 0 aliphatic carbocycles. The van der Waals surface area contributed by atoms with Crippen molar-refractivity contribution in [3.8, 4) is 0 Å². The van der Waals surface area contributed by atoms with Crippen molar-refractivity contribution in [1.29, 1.82) is 0 Å². The Hall–Kier alpha value is -3.28. The number of hydrogen-bond acceptors (Lipinski definition) is 4. The van der Waals surface area contributed by atoms with Crippen molar-refractivity contribution in [3.05, 3.63) is 87.5 Å². The highest BCUT2D eigenvalue weighted by atomic mass is 16.1. The van der Waals surface area contributed by atoms with E-state index in [4.69, 9.17) is 0 Å². The van der Waals surface area contributed by atoms with Crippen molar-refractivity contribution in [3.63, 3.8) is 0 Å². The van der Waals surface area contributed by atoms with Gasteiger partial charge in [0.2, 0.25) is 0 Å². The number of fused-ring (bicyclic) bond motifs is 1. The van der Waals surface area contributed by atoms with Crippen LogP contribution in [0.4, 0.5) is 0 Å². The van der Waals surface area contributed by atoms with Crippen LogP contribution in [0.3, 0.4) is 0 Å². The summed E-state index contributed by atoms with van der Waals surface area (Å²) in [5, 5.41) is 8.20. The zero-order valence-corrected chi connectivity index (χ0v) is 14.8. The Morgan fingerprint density at radius 3 is 2.62 bits per heavy atom. The quantitative estimate of drug-likeness (QED) is 0.570. The smallest absolute Gasteiger partial charge is 0.283 e. The molecule has 2 heterocycles. The van der Waals surface area contributed by atoms with Crippen LogP contribution in [0.15, 0.2) is 59.7 Å². The Morgan fingerprint density at radius 1 is 1.00 bits per heavy atom. The summed E-state index contributed by atoms with van der Waals surface area (Å²) in [6.07, 6.45) is 1.58. The number of nitrogens with zero attached hydrogens (tertiary/aromatic N) is 5. The van der Waals surface area contributed by atoms with Crippen molar-refractivity contribution >= 4 is 11.2 Å². The molecule has 6 heteroatoms. The minimum atomic E-state index is -0.171. The van der Waals surface area contributed by atoms with E-state index < -0.39 is 0 Å². The third kappa shape index (κ3) is 3.01. The van der Waals surface area contributed by atoms with Gasteiger partial charge in [0.1, 0.15) is 6.33 Å². The summed E-state index contributed by atoms with van der Waals surface area (Å²) in [5.74, 6) is 0. The first-order valence-electron chi connectivity index (χ1n) is 8.50. The van der Waals surface area contributed by atoms with Gasteiger partial charge in [0.15, 0.2) is 11.2 Å². The van der Waals surface area contributed by atoms with Crippen molar-refractivity contribution < 1.29 is 0 Å². The third-order valence-electron chi connectivity index (χ3n) is 4.51. The Labute approximate surface area is 150 Å². The minimum absolute atomic E-state index is 0.171. The van der Waals surface area contributed by atoms with Crippen molar-refractivity contribution in [2.24, 2.45) is 0 Å². The predicted molar refractivity (Wildman–Crippen MR) is 100 cm³/mol. The van der Waals surface area contributed by atoms with Crippen LogP contribution in [0.2, 0.25) is 0 Å². The molecule has 0 bridgehead atoms. The lowest BCUT2D eigenvalue weighted by molar-refractivity contribution is 0.662. The second-order valence-electron chi connectivity index (χ2n) is 6.51. The Kier molecular flexibility index (Phi) is 4.08. The highest BCUT2D eigenvalue weighted by Gasteiger charge is 2.13. The van der Waals surface area contributed by atoms with E-state index in [9.17, 15) is 4.79 Å². The summed E-state index contributed by atoms with van der Waals surface area (Å²) in [4.78, 5) is 17.2. The van der Waals surface area contributed by atoms with E-state index in [1.807, 2.05) is 44.2 Å². The van der Waals surface area contributed by atoms with E-state index in [0.717, 1.165) is 16.7 Å². The number of aryl methyl sites for hydroxylation is 2. The third-order valence-corrected chi connectivity index (χ3v) is 4.51. The van der Waals surface area contributed by atoms with Gasteiger partial charge in [-0.25, -0.2) is 9.67 Å². The normalized spacial score (nSPS) is 11.2. The molecule has 0 saturated carbocycles. The van der Waals surface area contributed by atoms with Crippen LogP contribution in [0, 0.1) is 13.8 Å². The molecule has 4 aromatic rings. The van der Waals surface area contributed by atoms with Gasteiger partial charge in [-0.05, 0) is 30.5 Å². The highest BCUT2D eigenvalue weighted by Crippen LogP contribution is 2.12.